The molecule has 1 N–H and O–H groups in total. The molecule has 8 heteroatoms. The van der Waals surface area contributed by atoms with Gasteiger partial charge >= 0.3 is 0 Å². The van der Waals surface area contributed by atoms with Crippen LogP contribution in [0.1, 0.15) is 52.5 Å². The van der Waals surface area contributed by atoms with Crippen molar-refractivity contribution >= 4 is 11.8 Å². The highest BCUT2D eigenvalue weighted by atomic mass is 16.5. The topological polar surface area (TPSA) is 101 Å². The molecule has 144 valence electrons. The first-order valence-electron chi connectivity index (χ1n) is 9.23. The van der Waals surface area contributed by atoms with Crippen LogP contribution in [0.2, 0.25) is 0 Å². The van der Waals surface area contributed by atoms with Crippen LogP contribution in [0, 0.1) is 20.8 Å². The van der Waals surface area contributed by atoms with Crippen molar-refractivity contribution in [3.63, 3.8) is 0 Å². The lowest BCUT2D eigenvalue weighted by Crippen LogP contribution is -2.37. The molecule has 3 rings (SSSR count). The summed E-state index contributed by atoms with van der Waals surface area (Å²) in [5.74, 6) is 0.545. The summed E-state index contributed by atoms with van der Waals surface area (Å²) in [4.78, 5) is 35.1. The maximum atomic E-state index is 12.7. The number of likely N-dealkylation sites (tertiary alicyclic amines) is 1. The number of amides is 2. The van der Waals surface area contributed by atoms with Gasteiger partial charge in [0.2, 0.25) is 5.91 Å². The molecule has 1 saturated heterocycles. The molecule has 0 saturated carbocycles. The summed E-state index contributed by atoms with van der Waals surface area (Å²) < 4.78 is 5.14. The maximum absolute atomic E-state index is 12.7. The Morgan fingerprint density at radius 3 is 2.67 bits per heavy atom. The van der Waals surface area contributed by atoms with Gasteiger partial charge in [-0.2, -0.15) is 0 Å². The van der Waals surface area contributed by atoms with Gasteiger partial charge in [0.05, 0.1) is 24.0 Å². The summed E-state index contributed by atoms with van der Waals surface area (Å²) in [6, 6.07) is 0.0254. The Morgan fingerprint density at radius 2 is 2.00 bits per heavy atom. The SMILES string of the molecule is Cc1cnc(C(=O)NC2CCCN(C(=O)Cc3c(C)noc3C)CC2)cn1. The summed E-state index contributed by atoms with van der Waals surface area (Å²) in [5.41, 5.74) is 2.72. The van der Waals surface area contributed by atoms with E-state index >= 15 is 0 Å². The van der Waals surface area contributed by atoms with E-state index in [1.807, 2.05) is 25.7 Å². The van der Waals surface area contributed by atoms with E-state index in [9.17, 15) is 9.59 Å². The molecule has 0 radical (unpaired) electrons. The second kappa shape index (κ2) is 8.28. The monoisotopic (exact) mass is 371 g/mol. The van der Waals surface area contributed by atoms with Gasteiger partial charge in [-0.05, 0) is 40.0 Å². The number of hydrogen-bond donors (Lipinski definition) is 1. The first-order valence-corrected chi connectivity index (χ1v) is 9.23. The second-order valence-electron chi connectivity index (χ2n) is 7.00. The molecule has 1 fully saturated rings. The molecule has 1 aliphatic rings. The van der Waals surface area contributed by atoms with Gasteiger partial charge < -0.3 is 14.7 Å². The smallest absolute Gasteiger partial charge is 0.271 e. The van der Waals surface area contributed by atoms with Crippen LogP contribution in [0.25, 0.3) is 0 Å². The quantitative estimate of drug-likeness (QED) is 0.878. The largest absolute Gasteiger partial charge is 0.361 e. The van der Waals surface area contributed by atoms with Crippen LogP contribution in [0.3, 0.4) is 0 Å². The van der Waals surface area contributed by atoms with Gasteiger partial charge in [-0.1, -0.05) is 5.16 Å². The van der Waals surface area contributed by atoms with Crippen molar-refractivity contribution in [3.8, 4) is 0 Å². The predicted molar refractivity (Wildman–Crippen MR) is 98.1 cm³/mol. The lowest BCUT2D eigenvalue weighted by molar-refractivity contribution is -0.130. The van der Waals surface area contributed by atoms with Crippen LogP contribution in [0.5, 0.6) is 0 Å². The van der Waals surface area contributed by atoms with E-state index < -0.39 is 0 Å². The molecule has 2 aromatic heterocycles. The van der Waals surface area contributed by atoms with Crippen molar-refractivity contribution < 1.29 is 14.1 Å². The number of rotatable bonds is 4. The zero-order valence-corrected chi connectivity index (χ0v) is 16.0. The summed E-state index contributed by atoms with van der Waals surface area (Å²) >= 11 is 0. The van der Waals surface area contributed by atoms with Crippen molar-refractivity contribution in [2.75, 3.05) is 13.1 Å². The number of hydrogen-bond acceptors (Lipinski definition) is 6. The fraction of sp³-hybridized carbons (Fsp3) is 0.526. The first-order chi connectivity index (χ1) is 12.9. The first kappa shape index (κ1) is 19.0. The molecule has 0 spiro atoms. The molecule has 8 nitrogen and oxygen atoms in total. The second-order valence-corrected chi connectivity index (χ2v) is 7.00. The molecule has 2 aromatic rings. The summed E-state index contributed by atoms with van der Waals surface area (Å²) in [6.45, 7) is 6.81. The molecule has 0 aromatic carbocycles. The maximum Gasteiger partial charge on any atom is 0.271 e. The van der Waals surface area contributed by atoms with E-state index in [0.29, 0.717) is 31.0 Å². The van der Waals surface area contributed by atoms with E-state index in [-0.39, 0.29) is 17.9 Å². The number of carbonyl (C=O) groups is 2. The summed E-state index contributed by atoms with van der Waals surface area (Å²) in [5, 5.41) is 6.92. The van der Waals surface area contributed by atoms with Crippen molar-refractivity contribution in [3.05, 3.63) is 40.8 Å². The molecule has 0 bridgehead atoms. The van der Waals surface area contributed by atoms with E-state index in [4.69, 9.17) is 4.52 Å². The van der Waals surface area contributed by atoms with Crippen LogP contribution in [0.15, 0.2) is 16.9 Å². The molecule has 0 aliphatic carbocycles. The van der Waals surface area contributed by atoms with Crippen molar-refractivity contribution in [1.29, 1.82) is 0 Å². The van der Waals surface area contributed by atoms with Gasteiger partial charge in [-0.25, -0.2) is 4.98 Å². The van der Waals surface area contributed by atoms with Crippen LogP contribution < -0.4 is 5.32 Å². The van der Waals surface area contributed by atoms with Crippen molar-refractivity contribution in [1.82, 2.24) is 25.3 Å². The summed E-state index contributed by atoms with van der Waals surface area (Å²) in [6.07, 6.45) is 5.77. The highest BCUT2D eigenvalue weighted by molar-refractivity contribution is 5.92. The fourth-order valence-corrected chi connectivity index (χ4v) is 3.28. The minimum atomic E-state index is -0.219. The van der Waals surface area contributed by atoms with E-state index in [0.717, 1.165) is 36.2 Å². The van der Waals surface area contributed by atoms with Gasteiger partial charge in [0.1, 0.15) is 11.5 Å². The number of nitrogens with one attached hydrogen (secondary N) is 1. The lowest BCUT2D eigenvalue weighted by atomic mass is 10.1. The zero-order valence-electron chi connectivity index (χ0n) is 16.0. The molecule has 1 unspecified atom stereocenters. The Morgan fingerprint density at radius 1 is 1.19 bits per heavy atom. The van der Waals surface area contributed by atoms with Gasteiger partial charge in [-0.15, -0.1) is 0 Å². The standard InChI is InChI=1S/C19H25N5O3/c1-12-10-21-17(11-20-12)19(26)22-15-5-4-7-24(8-6-15)18(25)9-16-13(2)23-27-14(16)3/h10-11,15H,4-9H2,1-3H3,(H,22,26). The highest BCUT2D eigenvalue weighted by Crippen LogP contribution is 2.17. The Hall–Kier alpha value is -2.77. The molecule has 1 aliphatic heterocycles. The molecule has 1 atom stereocenters. The van der Waals surface area contributed by atoms with Gasteiger partial charge in [0.25, 0.3) is 5.91 Å². The van der Waals surface area contributed by atoms with Gasteiger partial charge in [0.15, 0.2) is 0 Å². The van der Waals surface area contributed by atoms with Crippen molar-refractivity contribution in [2.24, 2.45) is 0 Å². The van der Waals surface area contributed by atoms with Crippen LogP contribution in [0.4, 0.5) is 0 Å². The lowest BCUT2D eigenvalue weighted by Gasteiger charge is -2.21. The Bertz CT molecular complexity index is 796. The Balaban J connectivity index is 1.54. The normalized spacial score (nSPS) is 17.4. The van der Waals surface area contributed by atoms with Crippen LogP contribution >= 0.6 is 0 Å². The van der Waals surface area contributed by atoms with Crippen LogP contribution in [-0.2, 0) is 11.2 Å². The van der Waals surface area contributed by atoms with E-state index in [2.05, 4.69) is 20.4 Å². The summed E-state index contributed by atoms with van der Waals surface area (Å²) in [7, 11) is 0. The number of aryl methyl sites for hydroxylation is 3. The minimum absolute atomic E-state index is 0.0254. The van der Waals surface area contributed by atoms with Crippen LogP contribution in [-0.4, -0.2) is 51.0 Å². The van der Waals surface area contributed by atoms with E-state index in [1.165, 1.54) is 6.20 Å². The Labute approximate surface area is 158 Å². The average Bonchev–Trinajstić information content (AvgIpc) is 2.85. The molecule has 3 heterocycles. The average molecular weight is 371 g/mol. The fourth-order valence-electron chi connectivity index (χ4n) is 3.28. The van der Waals surface area contributed by atoms with Crippen molar-refractivity contribution in [2.45, 2.75) is 52.5 Å². The molecular weight excluding hydrogens is 346 g/mol. The molecule has 2 amide bonds. The highest BCUT2D eigenvalue weighted by Gasteiger charge is 2.24. The van der Waals surface area contributed by atoms with Gasteiger partial charge in [-0.3, -0.25) is 14.6 Å². The number of carbonyl (C=O) groups excluding carboxylic acids is 2. The molecular formula is C19H25N5O3. The number of aromatic nitrogens is 3. The minimum Gasteiger partial charge on any atom is -0.361 e. The predicted octanol–water partition coefficient (Wildman–Crippen LogP) is 1.74. The number of nitrogens with zero attached hydrogens (tertiary/aromatic N) is 4. The third kappa shape index (κ3) is 4.69. The zero-order chi connectivity index (χ0) is 19.4. The third-order valence-electron chi connectivity index (χ3n) is 4.94. The third-order valence-corrected chi connectivity index (χ3v) is 4.94. The van der Waals surface area contributed by atoms with Gasteiger partial charge in [0, 0.05) is 30.9 Å². The molecule has 27 heavy (non-hydrogen) atoms. The van der Waals surface area contributed by atoms with E-state index in [1.54, 1.807) is 6.20 Å². The Kier molecular flexibility index (Phi) is 5.83.